The number of carbonyl (C=O) groups is 1. The molecular weight excluding hydrogens is 318 g/mol. The van der Waals surface area contributed by atoms with Gasteiger partial charge in [-0.2, -0.15) is 5.10 Å². The summed E-state index contributed by atoms with van der Waals surface area (Å²) in [6, 6.07) is 14.5. The number of amides is 1. The van der Waals surface area contributed by atoms with Gasteiger partial charge < -0.3 is 8.98 Å². The summed E-state index contributed by atoms with van der Waals surface area (Å²) in [5, 5.41) is 3.79. The van der Waals surface area contributed by atoms with Crippen molar-refractivity contribution in [2.45, 2.75) is 13.5 Å². The van der Waals surface area contributed by atoms with Gasteiger partial charge in [0.1, 0.15) is 11.3 Å². The quantitative estimate of drug-likeness (QED) is 0.575. The van der Waals surface area contributed by atoms with E-state index in [4.69, 9.17) is 4.42 Å². The van der Waals surface area contributed by atoms with E-state index in [-0.39, 0.29) is 11.1 Å². The molecule has 3 rings (SSSR count). The van der Waals surface area contributed by atoms with Gasteiger partial charge in [-0.3, -0.25) is 9.59 Å². The van der Waals surface area contributed by atoms with E-state index >= 15 is 0 Å². The summed E-state index contributed by atoms with van der Waals surface area (Å²) in [5.74, 6) is -0.0591. The van der Waals surface area contributed by atoms with Gasteiger partial charge in [0, 0.05) is 6.20 Å². The molecule has 25 heavy (non-hydrogen) atoms. The lowest BCUT2D eigenvalue weighted by atomic mass is 10.1. The van der Waals surface area contributed by atoms with Crippen molar-refractivity contribution in [2.75, 3.05) is 0 Å². The molecule has 0 aliphatic heterocycles. The molecule has 1 N–H and O–H groups in total. The van der Waals surface area contributed by atoms with Crippen LogP contribution in [0.3, 0.4) is 0 Å². The zero-order chi connectivity index (χ0) is 17.6. The van der Waals surface area contributed by atoms with Crippen LogP contribution >= 0.6 is 0 Å². The Balaban J connectivity index is 1.74. The van der Waals surface area contributed by atoms with Crippen molar-refractivity contribution in [3.63, 3.8) is 0 Å². The monoisotopic (exact) mass is 335 g/mol. The van der Waals surface area contributed by atoms with E-state index in [9.17, 15) is 9.59 Å². The van der Waals surface area contributed by atoms with E-state index in [1.807, 2.05) is 31.2 Å². The summed E-state index contributed by atoms with van der Waals surface area (Å²) < 4.78 is 6.57. The molecule has 1 aromatic carbocycles. The van der Waals surface area contributed by atoms with Gasteiger partial charge in [0.15, 0.2) is 0 Å². The molecule has 0 bridgehead atoms. The number of carbonyl (C=O) groups excluding carboxylic acids is 1. The molecule has 0 atom stereocenters. The number of benzene rings is 1. The maximum Gasteiger partial charge on any atom is 0.276 e. The maximum absolute atomic E-state index is 12.5. The first kappa shape index (κ1) is 16.4. The fourth-order valence-electron chi connectivity index (χ4n) is 2.30. The number of hydrazone groups is 1. The number of nitrogens with one attached hydrogen (secondary N) is 1. The number of hydrogen-bond donors (Lipinski definition) is 1. The largest absolute Gasteiger partial charge is 0.463 e. The van der Waals surface area contributed by atoms with Crippen LogP contribution in [0.25, 0.3) is 0 Å². The molecule has 0 aliphatic carbocycles. The molecular formula is C19H17N3O3. The fraction of sp³-hybridized carbons (Fsp3) is 0.105. The lowest BCUT2D eigenvalue weighted by molar-refractivity contribution is 0.0953. The summed E-state index contributed by atoms with van der Waals surface area (Å²) in [6.07, 6.45) is 4.53. The average molecular weight is 335 g/mol. The zero-order valence-corrected chi connectivity index (χ0v) is 13.7. The summed E-state index contributed by atoms with van der Waals surface area (Å²) >= 11 is 0. The lowest BCUT2D eigenvalue weighted by Crippen LogP contribution is -2.30. The van der Waals surface area contributed by atoms with Crippen LogP contribution in [-0.4, -0.2) is 16.7 Å². The number of hydrogen-bond acceptors (Lipinski definition) is 4. The molecule has 3 aromatic rings. The normalized spacial score (nSPS) is 10.9. The molecule has 126 valence electrons. The molecule has 2 aromatic heterocycles. The van der Waals surface area contributed by atoms with Crippen LogP contribution in [0.4, 0.5) is 0 Å². The Hall–Kier alpha value is -3.41. The highest BCUT2D eigenvalue weighted by Crippen LogP contribution is 2.05. The summed E-state index contributed by atoms with van der Waals surface area (Å²) in [5.41, 5.74) is 4.14. The van der Waals surface area contributed by atoms with Crippen molar-refractivity contribution in [3.05, 3.63) is 93.8 Å². The molecule has 6 heteroatoms. The predicted octanol–water partition coefficient (Wildman–Crippen LogP) is 2.56. The van der Waals surface area contributed by atoms with Crippen molar-refractivity contribution < 1.29 is 9.21 Å². The Morgan fingerprint density at radius 1 is 1.20 bits per heavy atom. The Morgan fingerprint density at radius 3 is 2.72 bits per heavy atom. The molecule has 0 unspecified atom stereocenters. The second-order valence-corrected chi connectivity index (χ2v) is 5.56. The molecule has 0 fully saturated rings. The number of rotatable bonds is 5. The number of aryl methyl sites for hydroxylation is 1. The SMILES string of the molecule is Cc1ccc(Cn2cccc(C(=O)N/N=C\c3ccco3)c2=O)cc1. The number of aromatic nitrogens is 1. The van der Waals surface area contributed by atoms with Gasteiger partial charge >= 0.3 is 0 Å². The molecule has 1 amide bonds. The fourth-order valence-corrected chi connectivity index (χ4v) is 2.30. The van der Waals surface area contributed by atoms with Gasteiger partial charge in [0.05, 0.1) is 19.0 Å². The summed E-state index contributed by atoms with van der Waals surface area (Å²) in [7, 11) is 0. The molecule has 6 nitrogen and oxygen atoms in total. The van der Waals surface area contributed by atoms with Crippen LogP contribution in [0.5, 0.6) is 0 Å². The second-order valence-electron chi connectivity index (χ2n) is 5.56. The first-order valence-corrected chi connectivity index (χ1v) is 7.75. The van der Waals surface area contributed by atoms with Crippen molar-refractivity contribution in [1.82, 2.24) is 9.99 Å². The van der Waals surface area contributed by atoms with Gasteiger partial charge in [-0.15, -0.1) is 0 Å². The van der Waals surface area contributed by atoms with Crippen molar-refractivity contribution in [2.24, 2.45) is 5.10 Å². The molecule has 2 heterocycles. The van der Waals surface area contributed by atoms with E-state index in [0.717, 1.165) is 11.1 Å². The predicted molar refractivity (Wildman–Crippen MR) is 94.8 cm³/mol. The van der Waals surface area contributed by atoms with Crippen molar-refractivity contribution in [1.29, 1.82) is 0 Å². The Kier molecular flexibility index (Phi) is 4.89. The van der Waals surface area contributed by atoms with Gasteiger partial charge in [0.25, 0.3) is 11.5 Å². The standard InChI is InChI=1S/C19H17N3O3/c1-14-6-8-15(9-7-14)13-22-10-2-5-17(19(22)24)18(23)21-20-12-16-4-3-11-25-16/h2-12H,13H2,1H3,(H,21,23)/b20-12-. The number of nitrogens with zero attached hydrogens (tertiary/aromatic N) is 2. The van der Waals surface area contributed by atoms with Crippen LogP contribution in [0.2, 0.25) is 0 Å². The maximum atomic E-state index is 12.5. The summed E-state index contributed by atoms with van der Waals surface area (Å²) in [6.45, 7) is 2.40. The molecule has 0 aliphatic rings. The van der Waals surface area contributed by atoms with Crippen LogP contribution in [0.1, 0.15) is 27.2 Å². The van der Waals surface area contributed by atoms with E-state index < -0.39 is 5.91 Å². The molecule has 0 radical (unpaired) electrons. The number of furan rings is 1. The van der Waals surface area contributed by atoms with Gasteiger partial charge in [-0.1, -0.05) is 29.8 Å². The third kappa shape index (κ3) is 4.11. The van der Waals surface area contributed by atoms with Crippen molar-refractivity contribution >= 4 is 12.1 Å². The van der Waals surface area contributed by atoms with E-state index in [0.29, 0.717) is 12.3 Å². The second kappa shape index (κ2) is 7.44. The van der Waals surface area contributed by atoms with Crippen LogP contribution < -0.4 is 11.0 Å². The van der Waals surface area contributed by atoms with Gasteiger partial charge in [0.2, 0.25) is 0 Å². The third-order valence-electron chi connectivity index (χ3n) is 3.64. The highest BCUT2D eigenvalue weighted by Gasteiger charge is 2.11. The van der Waals surface area contributed by atoms with E-state index in [1.165, 1.54) is 23.1 Å². The van der Waals surface area contributed by atoms with E-state index in [1.54, 1.807) is 24.4 Å². The minimum absolute atomic E-state index is 0.0335. The molecule has 0 saturated heterocycles. The summed E-state index contributed by atoms with van der Waals surface area (Å²) in [4.78, 5) is 24.7. The Labute approximate surface area is 144 Å². The number of pyridine rings is 1. The van der Waals surface area contributed by atoms with E-state index in [2.05, 4.69) is 10.5 Å². The van der Waals surface area contributed by atoms with Crippen LogP contribution in [-0.2, 0) is 6.54 Å². The lowest BCUT2D eigenvalue weighted by Gasteiger charge is -2.08. The Bertz CT molecular complexity index is 939. The van der Waals surface area contributed by atoms with Crippen LogP contribution in [0, 0.1) is 6.92 Å². The minimum atomic E-state index is -0.564. The first-order valence-electron chi connectivity index (χ1n) is 7.75. The molecule has 0 spiro atoms. The zero-order valence-electron chi connectivity index (χ0n) is 13.7. The first-order chi connectivity index (χ1) is 12.1. The smallest absolute Gasteiger partial charge is 0.276 e. The van der Waals surface area contributed by atoms with Gasteiger partial charge in [-0.05, 0) is 36.8 Å². The minimum Gasteiger partial charge on any atom is -0.463 e. The highest BCUT2D eigenvalue weighted by molar-refractivity contribution is 5.94. The topological polar surface area (TPSA) is 76.6 Å². The van der Waals surface area contributed by atoms with Crippen LogP contribution in [0.15, 0.2) is 75.3 Å². The highest BCUT2D eigenvalue weighted by atomic mass is 16.3. The third-order valence-corrected chi connectivity index (χ3v) is 3.64. The van der Waals surface area contributed by atoms with Gasteiger partial charge in [-0.25, -0.2) is 5.43 Å². The van der Waals surface area contributed by atoms with Crippen molar-refractivity contribution in [3.8, 4) is 0 Å². The molecule has 0 saturated carbocycles. The average Bonchev–Trinajstić information content (AvgIpc) is 3.12. The Morgan fingerprint density at radius 2 is 2.00 bits per heavy atom.